The van der Waals surface area contributed by atoms with Crippen molar-refractivity contribution in [2.24, 2.45) is 0 Å². The summed E-state index contributed by atoms with van der Waals surface area (Å²) in [6.45, 7) is 2.00. The number of benzene rings is 5. The first kappa shape index (κ1) is 32.4. The Bertz CT molecular complexity index is 1880. The summed E-state index contributed by atoms with van der Waals surface area (Å²) in [5.74, 6) is -9.59. The molecule has 0 saturated carbocycles. The molecule has 0 saturated heterocycles. The molecule has 5 aromatic rings. The third-order valence-electron chi connectivity index (χ3n) is 6.96. The fraction of sp³-hybridized carbons (Fsp3) is 0.118. The molecule has 5 aromatic carbocycles. The summed E-state index contributed by atoms with van der Waals surface area (Å²) in [6, 6.07) is 17.0. The average Bonchev–Trinajstić information content (AvgIpc) is 2.97. The van der Waals surface area contributed by atoms with Crippen LogP contribution in [0.4, 0.5) is 43.9 Å². The third kappa shape index (κ3) is 6.95. The second-order valence-electron chi connectivity index (χ2n) is 10.0. The molecule has 0 atom stereocenters. The van der Waals surface area contributed by atoms with Gasteiger partial charge in [0.05, 0.1) is 0 Å². The second-order valence-corrected chi connectivity index (χ2v) is 10.0. The largest absolute Gasteiger partial charge is 0.573 e. The lowest BCUT2D eigenvalue weighted by Gasteiger charge is -2.20. The minimum atomic E-state index is -5.27. The maximum absolute atomic E-state index is 15.2. The highest BCUT2D eigenvalue weighted by atomic mass is 19.4. The van der Waals surface area contributed by atoms with Crippen molar-refractivity contribution in [3.8, 4) is 44.9 Å². The standard InChI is InChI=1S/C34H20F10O2/c1-2-18-3-5-19(6-4-18)20-7-10-24(26(35)13-20)21-8-11-25(27(36)14-21)22-15-29(38)32(30(39)16-22)33(40,41)45-23-9-12-31(28(37)17-23)46-34(42,43)44/h3-17H,2H2,1H3. The Kier molecular flexibility index (Phi) is 8.74. The van der Waals surface area contributed by atoms with Crippen LogP contribution in [-0.2, 0) is 12.5 Å². The Balaban J connectivity index is 1.38. The number of aryl methyl sites for hydroxylation is 1. The van der Waals surface area contributed by atoms with Gasteiger partial charge in [0, 0.05) is 17.2 Å². The molecule has 2 nitrogen and oxygen atoms in total. The van der Waals surface area contributed by atoms with Gasteiger partial charge in [-0.05, 0) is 70.6 Å². The van der Waals surface area contributed by atoms with Crippen molar-refractivity contribution in [1.82, 2.24) is 0 Å². The monoisotopic (exact) mass is 650 g/mol. The third-order valence-corrected chi connectivity index (χ3v) is 6.96. The van der Waals surface area contributed by atoms with Crippen LogP contribution in [0.1, 0.15) is 18.1 Å². The van der Waals surface area contributed by atoms with Crippen molar-refractivity contribution in [3.05, 3.63) is 131 Å². The van der Waals surface area contributed by atoms with Gasteiger partial charge in [0.25, 0.3) is 0 Å². The van der Waals surface area contributed by atoms with E-state index in [2.05, 4.69) is 9.47 Å². The molecule has 0 aliphatic heterocycles. The highest BCUT2D eigenvalue weighted by Gasteiger charge is 2.42. The van der Waals surface area contributed by atoms with Gasteiger partial charge >= 0.3 is 12.5 Å². The van der Waals surface area contributed by atoms with Crippen molar-refractivity contribution < 1.29 is 53.4 Å². The van der Waals surface area contributed by atoms with Crippen molar-refractivity contribution in [2.75, 3.05) is 0 Å². The lowest BCUT2D eigenvalue weighted by Crippen LogP contribution is -2.25. The molecule has 0 bridgehead atoms. The molecule has 0 spiro atoms. The number of rotatable bonds is 8. The molecule has 0 amide bonds. The van der Waals surface area contributed by atoms with Crippen LogP contribution < -0.4 is 9.47 Å². The van der Waals surface area contributed by atoms with Crippen LogP contribution in [0.5, 0.6) is 11.5 Å². The second kappa shape index (κ2) is 12.4. The lowest BCUT2D eigenvalue weighted by atomic mass is 9.96. The predicted molar refractivity (Wildman–Crippen MR) is 150 cm³/mol. The highest BCUT2D eigenvalue weighted by Crippen LogP contribution is 2.39. The first-order valence-corrected chi connectivity index (χ1v) is 13.5. The molecule has 0 unspecified atom stereocenters. The smallest absolute Gasteiger partial charge is 0.429 e. The molecular weight excluding hydrogens is 630 g/mol. The van der Waals surface area contributed by atoms with Crippen LogP contribution in [0.25, 0.3) is 33.4 Å². The van der Waals surface area contributed by atoms with Gasteiger partial charge in [0.1, 0.15) is 34.6 Å². The molecule has 0 aliphatic rings. The van der Waals surface area contributed by atoms with Crippen molar-refractivity contribution in [3.63, 3.8) is 0 Å². The van der Waals surface area contributed by atoms with E-state index in [1.807, 2.05) is 31.2 Å². The van der Waals surface area contributed by atoms with Gasteiger partial charge in [0.15, 0.2) is 11.6 Å². The van der Waals surface area contributed by atoms with E-state index in [0.717, 1.165) is 29.7 Å². The molecule has 5 rings (SSSR count). The average molecular weight is 651 g/mol. The minimum absolute atomic E-state index is 0.0401. The molecule has 238 valence electrons. The van der Waals surface area contributed by atoms with Crippen LogP contribution in [0.2, 0.25) is 0 Å². The van der Waals surface area contributed by atoms with E-state index in [4.69, 9.17) is 0 Å². The van der Waals surface area contributed by atoms with E-state index in [0.29, 0.717) is 29.8 Å². The topological polar surface area (TPSA) is 18.5 Å². The number of halogens is 10. The molecule has 0 fully saturated rings. The van der Waals surface area contributed by atoms with Crippen LogP contribution in [0.15, 0.2) is 91.0 Å². The van der Waals surface area contributed by atoms with Gasteiger partial charge in [0.2, 0.25) is 0 Å². The van der Waals surface area contributed by atoms with Gasteiger partial charge < -0.3 is 9.47 Å². The van der Waals surface area contributed by atoms with Gasteiger partial charge in [-0.3, -0.25) is 0 Å². The molecule has 12 heteroatoms. The van der Waals surface area contributed by atoms with E-state index < -0.39 is 69.7 Å². The molecule has 0 N–H and O–H groups in total. The zero-order valence-corrected chi connectivity index (χ0v) is 23.5. The fourth-order valence-corrected chi connectivity index (χ4v) is 4.74. The number of hydrogen-bond donors (Lipinski definition) is 0. The van der Waals surface area contributed by atoms with Gasteiger partial charge in [-0.25, -0.2) is 22.0 Å². The molecule has 0 aliphatic carbocycles. The zero-order valence-electron chi connectivity index (χ0n) is 23.5. The summed E-state index contributed by atoms with van der Waals surface area (Å²) in [6.07, 6.45) is -9.22. The summed E-state index contributed by atoms with van der Waals surface area (Å²) in [4.78, 5) is 0. The van der Waals surface area contributed by atoms with E-state index in [-0.39, 0.29) is 17.2 Å². The van der Waals surface area contributed by atoms with Gasteiger partial charge in [-0.1, -0.05) is 55.5 Å². The van der Waals surface area contributed by atoms with Crippen LogP contribution in [0, 0.1) is 29.1 Å². The molecule has 0 aromatic heterocycles. The number of ether oxygens (including phenoxy) is 2. The summed E-state index contributed by atoms with van der Waals surface area (Å²) in [7, 11) is 0. The Morgan fingerprint density at radius 3 is 1.57 bits per heavy atom. The number of alkyl halides is 5. The fourth-order valence-electron chi connectivity index (χ4n) is 4.74. The Morgan fingerprint density at radius 1 is 0.500 bits per heavy atom. The van der Waals surface area contributed by atoms with E-state index in [9.17, 15) is 35.1 Å². The summed E-state index contributed by atoms with van der Waals surface area (Å²) in [5, 5.41) is 0. The van der Waals surface area contributed by atoms with E-state index in [1.54, 1.807) is 6.07 Å². The summed E-state index contributed by atoms with van der Waals surface area (Å²) >= 11 is 0. The first-order chi connectivity index (χ1) is 21.6. The van der Waals surface area contributed by atoms with E-state index in [1.165, 1.54) is 18.2 Å². The molecule has 46 heavy (non-hydrogen) atoms. The molecule has 0 radical (unpaired) electrons. The Labute approximate surface area is 255 Å². The van der Waals surface area contributed by atoms with E-state index >= 15 is 8.78 Å². The summed E-state index contributed by atoms with van der Waals surface area (Å²) in [5.41, 5.74) is -0.190. The maximum Gasteiger partial charge on any atom is 0.573 e. The van der Waals surface area contributed by atoms with Crippen molar-refractivity contribution in [1.29, 1.82) is 0 Å². The van der Waals surface area contributed by atoms with Crippen LogP contribution in [-0.4, -0.2) is 6.36 Å². The summed E-state index contributed by atoms with van der Waals surface area (Å²) < 4.78 is 148. The van der Waals surface area contributed by atoms with Crippen molar-refractivity contribution >= 4 is 0 Å². The normalized spacial score (nSPS) is 11.9. The lowest BCUT2D eigenvalue weighted by molar-refractivity contribution is -0.275. The predicted octanol–water partition coefficient (Wildman–Crippen LogP) is 11.0. The molecular formula is C34H20F10O2. The first-order valence-electron chi connectivity index (χ1n) is 13.5. The van der Waals surface area contributed by atoms with Gasteiger partial charge in [-0.2, -0.15) is 8.78 Å². The SMILES string of the molecule is CCc1ccc(-c2ccc(-c3ccc(-c4cc(F)c(C(F)(F)Oc5ccc(OC(F)(F)F)c(F)c5)c(F)c4)c(F)c3)c(F)c2)cc1. The van der Waals surface area contributed by atoms with Gasteiger partial charge in [-0.15, -0.1) is 13.2 Å². The minimum Gasteiger partial charge on any atom is -0.429 e. The van der Waals surface area contributed by atoms with Crippen LogP contribution in [0.3, 0.4) is 0 Å². The van der Waals surface area contributed by atoms with Crippen molar-refractivity contribution in [2.45, 2.75) is 25.8 Å². The zero-order chi connectivity index (χ0) is 33.4. The molecule has 0 heterocycles. The Morgan fingerprint density at radius 2 is 1.02 bits per heavy atom. The Hall–Kier alpha value is -5.00. The number of hydrogen-bond acceptors (Lipinski definition) is 2. The maximum atomic E-state index is 15.2. The van der Waals surface area contributed by atoms with Crippen LogP contribution >= 0.6 is 0 Å². The quantitative estimate of drug-likeness (QED) is 0.156. The highest BCUT2D eigenvalue weighted by molar-refractivity contribution is 5.74.